The van der Waals surface area contributed by atoms with Crippen LogP contribution in [0.5, 0.6) is 0 Å². The lowest BCUT2D eigenvalue weighted by molar-refractivity contribution is 0.436. The Labute approximate surface area is 68.8 Å². The van der Waals surface area contributed by atoms with Crippen molar-refractivity contribution in [2.45, 2.75) is 6.92 Å². The second-order valence-corrected chi connectivity index (χ2v) is 2.54. The number of hydrogen-bond acceptors (Lipinski definition) is 4. The number of nitrogen functional groups attached to an aromatic ring is 1. The third kappa shape index (κ3) is 0.952. The Hall–Kier alpha value is -1.78. The van der Waals surface area contributed by atoms with Gasteiger partial charge in [0.25, 0.3) is 0 Å². The van der Waals surface area contributed by atoms with E-state index in [2.05, 4.69) is 10.3 Å². The summed E-state index contributed by atoms with van der Waals surface area (Å²) in [5, 5.41) is 7.60. The molecule has 0 aromatic carbocycles. The molecule has 0 saturated carbocycles. The highest BCUT2D eigenvalue weighted by Gasteiger charge is 2.06. The maximum absolute atomic E-state index is 5.49. The lowest BCUT2D eigenvalue weighted by Crippen LogP contribution is -1.96. The Morgan fingerprint density at radius 1 is 1.50 bits per heavy atom. The molecule has 0 bridgehead atoms. The maximum atomic E-state index is 5.49. The predicted octanol–water partition coefficient (Wildman–Crippen LogP) is 0.751. The Balaban J connectivity index is 2.50. The summed E-state index contributed by atoms with van der Waals surface area (Å²) in [7, 11) is 0. The molecule has 0 aliphatic heterocycles. The first-order valence-corrected chi connectivity index (χ1v) is 3.49. The molecular weight excluding hydrogens is 156 g/mol. The SMILES string of the molecule is Cc1cnn(-c2cnoc2N)c1. The second kappa shape index (κ2) is 2.37. The highest BCUT2D eigenvalue weighted by atomic mass is 16.5. The minimum Gasteiger partial charge on any atom is -0.366 e. The van der Waals surface area contributed by atoms with Gasteiger partial charge in [0, 0.05) is 6.20 Å². The van der Waals surface area contributed by atoms with Crippen molar-refractivity contribution in [1.82, 2.24) is 14.9 Å². The third-order valence-electron chi connectivity index (χ3n) is 1.54. The topological polar surface area (TPSA) is 69.9 Å². The molecule has 62 valence electrons. The molecule has 0 spiro atoms. The zero-order valence-electron chi connectivity index (χ0n) is 6.56. The largest absolute Gasteiger partial charge is 0.366 e. The Kier molecular flexibility index (Phi) is 1.36. The summed E-state index contributed by atoms with van der Waals surface area (Å²) in [6.07, 6.45) is 5.12. The van der Waals surface area contributed by atoms with E-state index in [4.69, 9.17) is 10.3 Å². The first-order chi connectivity index (χ1) is 5.77. The molecule has 0 unspecified atom stereocenters. The van der Waals surface area contributed by atoms with Crippen molar-refractivity contribution in [2.24, 2.45) is 0 Å². The van der Waals surface area contributed by atoms with Gasteiger partial charge in [-0.05, 0) is 12.5 Å². The number of anilines is 1. The van der Waals surface area contributed by atoms with Crippen molar-refractivity contribution in [2.75, 3.05) is 5.73 Å². The molecule has 2 N–H and O–H groups in total. The molecule has 0 aliphatic carbocycles. The Morgan fingerprint density at radius 2 is 2.33 bits per heavy atom. The summed E-state index contributed by atoms with van der Waals surface area (Å²) in [4.78, 5) is 0. The zero-order valence-corrected chi connectivity index (χ0v) is 6.56. The van der Waals surface area contributed by atoms with Gasteiger partial charge in [-0.25, -0.2) is 4.68 Å². The number of rotatable bonds is 1. The van der Waals surface area contributed by atoms with Gasteiger partial charge >= 0.3 is 0 Å². The molecule has 0 fully saturated rings. The summed E-state index contributed by atoms with van der Waals surface area (Å²) in [6.45, 7) is 1.95. The van der Waals surface area contributed by atoms with Gasteiger partial charge in [0.1, 0.15) is 5.69 Å². The molecule has 0 aliphatic rings. The first-order valence-electron chi connectivity index (χ1n) is 3.49. The molecule has 2 aromatic heterocycles. The van der Waals surface area contributed by atoms with Crippen LogP contribution in [0.3, 0.4) is 0 Å². The summed E-state index contributed by atoms with van der Waals surface area (Å²) in [6, 6.07) is 0. The molecule has 2 heterocycles. The van der Waals surface area contributed by atoms with Gasteiger partial charge in [-0.3, -0.25) is 0 Å². The molecule has 5 nitrogen and oxygen atoms in total. The van der Waals surface area contributed by atoms with E-state index >= 15 is 0 Å². The highest BCUT2D eigenvalue weighted by Crippen LogP contribution is 2.14. The van der Waals surface area contributed by atoms with Crippen LogP contribution < -0.4 is 5.73 Å². The molecule has 0 atom stereocenters. The molecular formula is C7H8N4O. The fraction of sp³-hybridized carbons (Fsp3) is 0.143. The average Bonchev–Trinajstić information content (AvgIpc) is 2.58. The molecule has 0 amide bonds. The predicted molar refractivity (Wildman–Crippen MR) is 42.8 cm³/mol. The molecule has 0 saturated heterocycles. The normalized spacial score (nSPS) is 10.4. The van der Waals surface area contributed by atoms with Gasteiger partial charge in [0.15, 0.2) is 0 Å². The van der Waals surface area contributed by atoms with E-state index in [-0.39, 0.29) is 5.88 Å². The molecule has 2 aromatic rings. The number of aromatic nitrogens is 3. The molecule has 0 radical (unpaired) electrons. The van der Waals surface area contributed by atoms with Gasteiger partial charge in [0.2, 0.25) is 5.88 Å². The molecule has 12 heavy (non-hydrogen) atoms. The summed E-state index contributed by atoms with van der Waals surface area (Å²) in [5.74, 6) is 0.276. The summed E-state index contributed by atoms with van der Waals surface area (Å²) in [5.41, 5.74) is 7.23. The van der Waals surface area contributed by atoms with E-state index in [1.165, 1.54) is 6.20 Å². The van der Waals surface area contributed by atoms with Crippen molar-refractivity contribution in [3.05, 3.63) is 24.2 Å². The minimum absolute atomic E-state index is 0.276. The van der Waals surface area contributed by atoms with Gasteiger partial charge in [0.05, 0.1) is 12.4 Å². The van der Waals surface area contributed by atoms with Gasteiger partial charge in [-0.15, -0.1) is 0 Å². The van der Waals surface area contributed by atoms with Crippen LogP contribution >= 0.6 is 0 Å². The third-order valence-corrected chi connectivity index (χ3v) is 1.54. The Morgan fingerprint density at radius 3 is 2.83 bits per heavy atom. The van der Waals surface area contributed by atoms with Crippen LogP contribution in [0, 0.1) is 6.92 Å². The van der Waals surface area contributed by atoms with Crippen LogP contribution in [-0.4, -0.2) is 14.9 Å². The number of aryl methyl sites for hydroxylation is 1. The number of nitrogens with two attached hydrogens (primary N) is 1. The van der Waals surface area contributed by atoms with E-state index in [1.54, 1.807) is 10.9 Å². The number of hydrogen-bond donors (Lipinski definition) is 1. The van der Waals surface area contributed by atoms with Crippen molar-refractivity contribution in [3.63, 3.8) is 0 Å². The van der Waals surface area contributed by atoms with Crippen molar-refractivity contribution in [1.29, 1.82) is 0 Å². The van der Waals surface area contributed by atoms with Crippen LogP contribution in [0.25, 0.3) is 5.69 Å². The standard InChI is InChI=1S/C7H8N4O/c1-5-2-9-11(4-5)6-3-10-12-7(6)8/h2-4H,8H2,1H3. The van der Waals surface area contributed by atoms with E-state index in [9.17, 15) is 0 Å². The van der Waals surface area contributed by atoms with Crippen LogP contribution in [0.2, 0.25) is 0 Å². The monoisotopic (exact) mass is 164 g/mol. The van der Waals surface area contributed by atoms with Gasteiger partial charge in [-0.2, -0.15) is 5.10 Å². The van der Waals surface area contributed by atoms with Crippen LogP contribution in [0.1, 0.15) is 5.56 Å². The van der Waals surface area contributed by atoms with Crippen molar-refractivity contribution in [3.8, 4) is 5.69 Å². The van der Waals surface area contributed by atoms with E-state index in [1.807, 2.05) is 13.1 Å². The highest BCUT2D eigenvalue weighted by molar-refractivity contribution is 5.47. The number of nitrogens with zero attached hydrogens (tertiary/aromatic N) is 3. The fourth-order valence-electron chi connectivity index (χ4n) is 0.960. The lowest BCUT2D eigenvalue weighted by atomic mass is 10.4. The maximum Gasteiger partial charge on any atom is 0.248 e. The van der Waals surface area contributed by atoms with Crippen molar-refractivity contribution < 1.29 is 4.52 Å². The fourth-order valence-corrected chi connectivity index (χ4v) is 0.960. The quantitative estimate of drug-likeness (QED) is 0.675. The van der Waals surface area contributed by atoms with Gasteiger partial charge in [-0.1, -0.05) is 5.16 Å². The molecule has 5 heteroatoms. The van der Waals surface area contributed by atoms with Crippen LogP contribution in [0.4, 0.5) is 5.88 Å². The second-order valence-electron chi connectivity index (χ2n) is 2.54. The zero-order chi connectivity index (χ0) is 8.55. The van der Waals surface area contributed by atoms with E-state index in [0.29, 0.717) is 5.69 Å². The Bertz CT molecular complexity index is 390. The van der Waals surface area contributed by atoms with Gasteiger partial charge < -0.3 is 10.3 Å². The van der Waals surface area contributed by atoms with Crippen molar-refractivity contribution >= 4 is 5.88 Å². The van der Waals surface area contributed by atoms with E-state index in [0.717, 1.165) is 5.56 Å². The van der Waals surface area contributed by atoms with E-state index < -0.39 is 0 Å². The van der Waals surface area contributed by atoms with Crippen LogP contribution in [0.15, 0.2) is 23.1 Å². The molecule has 2 rings (SSSR count). The lowest BCUT2D eigenvalue weighted by Gasteiger charge is -1.93. The van der Waals surface area contributed by atoms with Crippen LogP contribution in [-0.2, 0) is 0 Å². The average molecular weight is 164 g/mol. The first kappa shape index (κ1) is 6.90. The minimum atomic E-state index is 0.276. The smallest absolute Gasteiger partial charge is 0.248 e. The summed E-state index contributed by atoms with van der Waals surface area (Å²) >= 11 is 0. The summed E-state index contributed by atoms with van der Waals surface area (Å²) < 4.78 is 6.32.